The first-order valence-electron chi connectivity index (χ1n) is 5.68. The largest absolute Gasteiger partial charge is 0.303 e. The Morgan fingerprint density at radius 1 is 0.846 bits per heavy atom. The summed E-state index contributed by atoms with van der Waals surface area (Å²) in [4.78, 5) is 2.58. The Labute approximate surface area is 89.3 Å². The highest BCUT2D eigenvalue weighted by atomic mass is 32.1. The molecule has 0 spiro atoms. The molecule has 2 heteroatoms. The van der Waals surface area contributed by atoms with Crippen LogP contribution in [-0.4, -0.2) is 30.3 Å². The van der Waals surface area contributed by atoms with Crippen molar-refractivity contribution in [2.45, 2.75) is 46.0 Å². The van der Waals surface area contributed by atoms with Crippen molar-refractivity contribution < 1.29 is 0 Å². The van der Waals surface area contributed by atoms with Gasteiger partial charge in [-0.1, -0.05) is 26.7 Å². The van der Waals surface area contributed by atoms with E-state index in [9.17, 15) is 0 Å². The summed E-state index contributed by atoms with van der Waals surface area (Å²) in [5, 5.41) is 0. The van der Waals surface area contributed by atoms with Gasteiger partial charge in [-0.05, 0) is 44.6 Å². The number of hydrogen-bond donors (Lipinski definition) is 1. The number of thiol groups is 1. The molecule has 0 saturated heterocycles. The van der Waals surface area contributed by atoms with E-state index in [1.54, 1.807) is 0 Å². The van der Waals surface area contributed by atoms with Gasteiger partial charge < -0.3 is 4.90 Å². The molecule has 0 atom stereocenters. The van der Waals surface area contributed by atoms with Gasteiger partial charge >= 0.3 is 0 Å². The van der Waals surface area contributed by atoms with Gasteiger partial charge in [0.25, 0.3) is 0 Å². The molecule has 0 heterocycles. The summed E-state index contributed by atoms with van der Waals surface area (Å²) in [6.45, 7) is 8.30. The van der Waals surface area contributed by atoms with Crippen molar-refractivity contribution in [1.29, 1.82) is 0 Å². The predicted octanol–water partition coefficient (Wildman–Crippen LogP) is 3.21. The van der Waals surface area contributed by atoms with E-state index in [1.165, 1.54) is 51.7 Å². The lowest BCUT2D eigenvalue weighted by Crippen LogP contribution is -2.27. The van der Waals surface area contributed by atoms with Crippen molar-refractivity contribution >= 4 is 12.6 Å². The van der Waals surface area contributed by atoms with E-state index in [-0.39, 0.29) is 0 Å². The fourth-order valence-electron chi connectivity index (χ4n) is 1.53. The van der Waals surface area contributed by atoms with Crippen LogP contribution in [0.3, 0.4) is 0 Å². The molecule has 0 rings (SSSR count). The zero-order chi connectivity index (χ0) is 9.94. The normalized spacial score (nSPS) is 11.1. The molecule has 0 saturated carbocycles. The molecular formula is C11H25NS. The van der Waals surface area contributed by atoms with Crippen LogP contribution in [0.2, 0.25) is 0 Å². The summed E-state index contributed by atoms with van der Waals surface area (Å²) in [7, 11) is 0. The van der Waals surface area contributed by atoms with Crippen LogP contribution in [-0.2, 0) is 0 Å². The van der Waals surface area contributed by atoms with Crippen LogP contribution in [0.1, 0.15) is 46.0 Å². The number of rotatable bonds is 9. The van der Waals surface area contributed by atoms with Crippen LogP contribution in [0.5, 0.6) is 0 Å². The first-order valence-corrected chi connectivity index (χ1v) is 6.31. The summed E-state index contributed by atoms with van der Waals surface area (Å²) in [6.07, 6.45) is 6.57. The Balaban J connectivity index is 3.41. The molecule has 0 aromatic rings. The summed E-state index contributed by atoms with van der Waals surface area (Å²) >= 11 is 4.25. The smallest absolute Gasteiger partial charge is 0.00110 e. The molecule has 0 bridgehead atoms. The average molecular weight is 203 g/mol. The lowest BCUT2D eigenvalue weighted by Gasteiger charge is -2.20. The van der Waals surface area contributed by atoms with Crippen molar-refractivity contribution in [3.63, 3.8) is 0 Å². The van der Waals surface area contributed by atoms with E-state index in [4.69, 9.17) is 0 Å². The lowest BCUT2D eigenvalue weighted by molar-refractivity contribution is 0.269. The number of unbranched alkanes of at least 4 members (excludes halogenated alkanes) is 2. The zero-order valence-corrected chi connectivity index (χ0v) is 10.2. The first kappa shape index (κ1) is 13.3. The molecule has 0 aliphatic carbocycles. The van der Waals surface area contributed by atoms with Crippen LogP contribution in [0.15, 0.2) is 0 Å². The van der Waals surface area contributed by atoms with E-state index < -0.39 is 0 Å². The van der Waals surface area contributed by atoms with Gasteiger partial charge in [-0.2, -0.15) is 12.6 Å². The maximum atomic E-state index is 4.25. The van der Waals surface area contributed by atoms with Crippen LogP contribution in [0.4, 0.5) is 0 Å². The number of hydrogen-bond acceptors (Lipinski definition) is 2. The Kier molecular flexibility index (Phi) is 10.6. The fraction of sp³-hybridized carbons (Fsp3) is 1.00. The van der Waals surface area contributed by atoms with Gasteiger partial charge in [0.05, 0.1) is 0 Å². The van der Waals surface area contributed by atoms with E-state index in [0.717, 1.165) is 5.75 Å². The highest BCUT2D eigenvalue weighted by molar-refractivity contribution is 7.80. The molecule has 0 unspecified atom stereocenters. The molecule has 0 aromatic carbocycles. The quantitative estimate of drug-likeness (QED) is 0.445. The minimum absolute atomic E-state index is 1.02. The molecule has 80 valence electrons. The van der Waals surface area contributed by atoms with E-state index in [0.29, 0.717) is 0 Å². The van der Waals surface area contributed by atoms with E-state index in [1.807, 2.05) is 0 Å². The molecule has 0 aliphatic heterocycles. The van der Waals surface area contributed by atoms with Crippen LogP contribution >= 0.6 is 12.6 Å². The molecule has 0 fully saturated rings. The lowest BCUT2D eigenvalue weighted by atomic mass is 10.2. The summed E-state index contributed by atoms with van der Waals surface area (Å²) in [5.74, 6) is 1.02. The van der Waals surface area contributed by atoms with Gasteiger partial charge in [0.1, 0.15) is 0 Å². The minimum atomic E-state index is 1.02. The van der Waals surface area contributed by atoms with Gasteiger partial charge in [-0.3, -0.25) is 0 Å². The van der Waals surface area contributed by atoms with Crippen molar-refractivity contribution in [1.82, 2.24) is 4.90 Å². The van der Waals surface area contributed by atoms with Crippen LogP contribution in [0.25, 0.3) is 0 Å². The Morgan fingerprint density at radius 2 is 1.54 bits per heavy atom. The molecule has 13 heavy (non-hydrogen) atoms. The van der Waals surface area contributed by atoms with Gasteiger partial charge in [0.2, 0.25) is 0 Å². The third kappa shape index (κ3) is 8.63. The van der Waals surface area contributed by atoms with Crippen molar-refractivity contribution in [3.05, 3.63) is 0 Å². The SMILES string of the molecule is CCCCCN(CCC)CCCS. The van der Waals surface area contributed by atoms with Gasteiger partial charge in [0.15, 0.2) is 0 Å². The maximum absolute atomic E-state index is 4.25. The van der Waals surface area contributed by atoms with Crippen molar-refractivity contribution in [3.8, 4) is 0 Å². The minimum Gasteiger partial charge on any atom is -0.303 e. The molecule has 0 radical (unpaired) electrons. The van der Waals surface area contributed by atoms with Crippen LogP contribution in [0, 0.1) is 0 Å². The molecule has 0 aliphatic rings. The second-order valence-electron chi connectivity index (χ2n) is 3.63. The van der Waals surface area contributed by atoms with Gasteiger partial charge in [-0.25, -0.2) is 0 Å². The standard InChI is InChI=1S/C11H25NS/c1-3-5-6-9-12(8-4-2)10-7-11-13/h13H,3-11H2,1-2H3. The second-order valence-corrected chi connectivity index (χ2v) is 4.07. The third-order valence-corrected chi connectivity index (χ3v) is 2.57. The topological polar surface area (TPSA) is 3.24 Å². The monoisotopic (exact) mass is 203 g/mol. The Morgan fingerprint density at radius 3 is 2.08 bits per heavy atom. The Bertz CT molecular complexity index is 96.1. The highest BCUT2D eigenvalue weighted by Crippen LogP contribution is 2.01. The fourth-order valence-corrected chi connectivity index (χ4v) is 1.67. The average Bonchev–Trinajstić information content (AvgIpc) is 2.14. The molecule has 0 N–H and O–H groups in total. The molecule has 0 aromatic heterocycles. The zero-order valence-electron chi connectivity index (χ0n) is 9.26. The second kappa shape index (κ2) is 10.4. The van der Waals surface area contributed by atoms with Crippen molar-refractivity contribution in [2.75, 3.05) is 25.4 Å². The van der Waals surface area contributed by atoms with Gasteiger partial charge in [-0.15, -0.1) is 0 Å². The number of nitrogens with zero attached hydrogens (tertiary/aromatic N) is 1. The molecule has 0 amide bonds. The van der Waals surface area contributed by atoms with E-state index in [2.05, 4.69) is 31.4 Å². The van der Waals surface area contributed by atoms with Crippen molar-refractivity contribution in [2.24, 2.45) is 0 Å². The van der Waals surface area contributed by atoms with Gasteiger partial charge in [0, 0.05) is 0 Å². The highest BCUT2D eigenvalue weighted by Gasteiger charge is 2.01. The maximum Gasteiger partial charge on any atom is -0.00110 e. The first-order chi connectivity index (χ1) is 6.35. The summed E-state index contributed by atoms with van der Waals surface area (Å²) in [5.41, 5.74) is 0. The molecule has 1 nitrogen and oxygen atoms in total. The predicted molar refractivity (Wildman–Crippen MR) is 64.7 cm³/mol. The van der Waals surface area contributed by atoms with Crippen LogP contribution < -0.4 is 0 Å². The summed E-state index contributed by atoms with van der Waals surface area (Å²) < 4.78 is 0. The Hall–Kier alpha value is 0.310. The molecular weight excluding hydrogens is 178 g/mol. The third-order valence-electron chi connectivity index (χ3n) is 2.25. The summed E-state index contributed by atoms with van der Waals surface area (Å²) in [6, 6.07) is 0. The van der Waals surface area contributed by atoms with E-state index >= 15 is 0 Å².